The second-order valence-corrected chi connectivity index (χ2v) is 6.28. The molecule has 3 rings (SSSR count). The molecule has 0 atom stereocenters. The lowest BCUT2D eigenvalue weighted by molar-refractivity contribution is -0.0885. The number of likely N-dealkylation sites (tertiary alicyclic amines) is 1. The summed E-state index contributed by atoms with van der Waals surface area (Å²) in [5.74, 6) is -6.22. The molecule has 0 unspecified atom stereocenters. The Morgan fingerprint density at radius 1 is 0.958 bits per heavy atom. The van der Waals surface area contributed by atoms with E-state index in [1.807, 2.05) is 30.3 Å². The lowest BCUT2D eigenvalue weighted by atomic mass is 9.86. The van der Waals surface area contributed by atoms with Gasteiger partial charge in [-0.2, -0.15) is 0 Å². The zero-order chi connectivity index (χ0) is 17.2. The van der Waals surface area contributed by atoms with E-state index in [4.69, 9.17) is 0 Å². The summed E-state index contributed by atoms with van der Waals surface area (Å²) in [5, 5.41) is 0. The van der Waals surface area contributed by atoms with Crippen LogP contribution in [0.2, 0.25) is 0 Å². The van der Waals surface area contributed by atoms with Crippen molar-refractivity contribution in [2.75, 3.05) is 13.1 Å². The van der Waals surface area contributed by atoms with Gasteiger partial charge in [0.2, 0.25) is 0 Å². The van der Waals surface area contributed by atoms with Gasteiger partial charge in [0.05, 0.1) is 5.56 Å². The minimum atomic E-state index is -3.28. The molecule has 1 fully saturated rings. The van der Waals surface area contributed by atoms with E-state index in [1.165, 1.54) is 0 Å². The molecule has 0 N–H and O–H groups in total. The summed E-state index contributed by atoms with van der Waals surface area (Å²) in [6.07, 6.45) is 0.577. The topological polar surface area (TPSA) is 3.24 Å². The van der Waals surface area contributed by atoms with Gasteiger partial charge in [-0.15, -0.1) is 0 Å². The minimum absolute atomic E-state index is 0.288. The van der Waals surface area contributed by atoms with Crippen molar-refractivity contribution in [3.05, 3.63) is 71.3 Å². The molecule has 128 valence electrons. The van der Waals surface area contributed by atoms with Gasteiger partial charge in [0.1, 0.15) is 11.6 Å². The van der Waals surface area contributed by atoms with E-state index >= 15 is 0 Å². The summed E-state index contributed by atoms with van der Waals surface area (Å²) >= 11 is 0. The van der Waals surface area contributed by atoms with Crippen molar-refractivity contribution >= 4 is 0 Å². The summed E-state index contributed by atoms with van der Waals surface area (Å²) in [6.45, 7) is 1.81. The monoisotopic (exact) mass is 337 g/mol. The molecule has 0 spiro atoms. The molecule has 1 aliphatic rings. The molecule has 0 saturated carbocycles. The molecule has 5 heteroatoms. The predicted molar refractivity (Wildman–Crippen MR) is 84.7 cm³/mol. The number of halogens is 4. The van der Waals surface area contributed by atoms with Crippen LogP contribution in [0.4, 0.5) is 17.6 Å². The smallest absolute Gasteiger partial charge is 0.278 e. The molecular weight excluding hydrogens is 318 g/mol. The van der Waals surface area contributed by atoms with Crippen molar-refractivity contribution in [2.45, 2.75) is 25.3 Å². The second kappa shape index (κ2) is 6.93. The highest BCUT2D eigenvalue weighted by atomic mass is 19.3. The molecular formula is C19H19F4N. The first-order chi connectivity index (χ1) is 11.5. The van der Waals surface area contributed by atoms with Crippen LogP contribution in [0.5, 0.6) is 0 Å². The van der Waals surface area contributed by atoms with Gasteiger partial charge in [-0.05, 0) is 43.6 Å². The van der Waals surface area contributed by atoms with Gasteiger partial charge >= 0.3 is 0 Å². The van der Waals surface area contributed by atoms with Gasteiger partial charge in [0.25, 0.3) is 5.92 Å². The van der Waals surface area contributed by atoms with Gasteiger partial charge in [0, 0.05) is 18.5 Å². The number of piperidine rings is 1. The van der Waals surface area contributed by atoms with Crippen LogP contribution in [0.1, 0.15) is 24.0 Å². The Balaban J connectivity index is 1.65. The van der Waals surface area contributed by atoms with E-state index in [-0.39, 0.29) is 12.8 Å². The van der Waals surface area contributed by atoms with Crippen molar-refractivity contribution in [2.24, 2.45) is 5.92 Å². The first kappa shape index (κ1) is 17.0. The van der Waals surface area contributed by atoms with Gasteiger partial charge in [-0.3, -0.25) is 4.90 Å². The SMILES string of the molecule is Fc1ccc(C(F)(F)C2CCN(Cc3ccccc3)CC2)c(F)c1. The summed E-state index contributed by atoms with van der Waals surface area (Å²) in [6, 6.07) is 12.1. The number of benzene rings is 2. The van der Waals surface area contributed by atoms with E-state index < -0.39 is 29.0 Å². The first-order valence-corrected chi connectivity index (χ1v) is 8.06. The fraction of sp³-hybridized carbons (Fsp3) is 0.368. The highest BCUT2D eigenvalue weighted by Gasteiger charge is 2.44. The normalized spacial score (nSPS) is 17.2. The lowest BCUT2D eigenvalue weighted by Gasteiger charge is -2.36. The number of hydrogen-bond acceptors (Lipinski definition) is 1. The minimum Gasteiger partial charge on any atom is -0.299 e. The maximum absolute atomic E-state index is 14.6. The van der Waals surface area contributed by atoms with Gasteiger partial charge in [-0.1, -0.05) is 30.3 Å². The molecule has 2 aromatic rings. The van der Waals surface area contributed by atoms with Gasteiger partial charge in [0.15, 0.2) is 0 Å². The van der Waals surface area contributed by atoms with Crippen molar-refractivity contribution in [3.8, 4) is 0 Å². The number of hydrogen-bond donors (Lipinski definition) is 0. The molecule has 1 heterocycles. The van der Waals surface area contributed by atoms with Crippen LogP contribution in [0, 0.1) is 17.6 Å². The molecule has 1 saturated heterocycles. The maximum atomic E-state index is 14.6. The Morgan fingerprint density at radius 3 is 2.25 bits per heavy atom. The molecule has 0 radical (unpaired) electrons. The fourth-order valence-electron chi connectivity index (χ4n) is 3.27. The molecule has 1 nitrogen and oxygen atoms in total. The second-order valence-electron chi connectivity index (χ2n) is 6.28. The van der Waals surface area contributed by atoms with Crippen LogP contribution in [-0.2, 0) is 12.5 Å². The van der Waals surface area contributed by atoms with Crippen molar-refractivity contribution in [1.29, 1.82) is 0 Å². The van der Waals surface area contributed by atoms with E-state index in [9.17, 15) is 17.6 Å². The average molecular weight is 337 g/mol. The van der Waals surface area contributed by atoms with Gasteiger partial charge < -0.3 is 0 Å². The molecule has 24 heavy (non-hydrogen) atoms. The van der Waals surface area contributed by atoms with Crippen LogP contribution >= 0.6 is 0 Å². The lowest BCUT2D eigenvalue weighted by Crippen LogP contribution is -2.39. The van der Waals surface area contributed by atoms with E-state index in [0.717, 1.165) is 24.2 Å². The highest BCUT2D eigenvalue weighted by Crippen LogP contribution is 2.42. The molecule has 2 aromatic carbocycles. The van der Waals surface area contributed by atoms with E-state index in [0.29, 0.717) is 19.2 Å². The number of nitrogens with zero attached hydrogens (tertiary/aromatic N) is 1. The molecule has 0 aliphatic carbocycles. The van der Waals surface area contributed by atoms with Gasteiger partial charge in [-0.25, -0.2) is 17.6 Å². The average Bonchev–Trinajstić information content (AvgIpc) is 2.56. The standard InChI is InChI=1S/C19H19F4N/c20-16-6-7-17(18(21)12-16)19(22,23)15-8-10-24(11-9-15)13-14-4-2-1-3-5-14/h1-7,12,15H,8-11,13H2. The molecule has 0 aromatic heterocycles. The Morgan fingerprint density at radius 2 is 1.62 bits per heavy atom. The van der Waals surface area contributed by atoms with Crippen LogP contribution in [0.3, 0.4) is 0 Å². The van der Waals surface area contributed by atoms with Crippen molar-refractivity contribution in [3.63, 3.8) is 0 Å². The quantitative estimate of drug-likeness (QED) is 0.712. The number of rotatable bonds is 4. The van der Waals surface area contributed by atoms with Crippen LogP contribution in [0.25, 0.3) is 0 Å². The van der Waals surface area contributed by atoms with Crippen molar-refractivity contribution in [1.82, 2.24) is 4.90 Å². The zero-order valence-electron chi connectivity index (χ0n) is 13.2. The summed E-state index contributed by atoms with van der Waals surface area (Å²) in [7, 11) is 0. The zero-order valence-corrected chi connectivity index (χ0v) is 13.2. The Labute approximate surface area is 138 Å². The molecule has 0 bridgehead atoms. The predicted octanol–water partition coefficient (Wildman–Crippen LogP) is 4.97. The summed E-state index contributed by atoms with van der Waals surface area (Å²) in [4.78, 5) is 2.13. The third-order valence-electron chi connectivity index (χ3n) is 4.64. The third-order valence-corrected chi connectivity index (χ3v) is 4.64. The fourth-order valence-corrected chi connectivity index (χ4v) is 3.27. The third kappa shape index (κ3) is 3.61. The first-order valence-electron chi connectivity index (χ1n) is 8.06. The largest absolute Gasteiger partial charge is 0.299 e. The van der Waals surface area contributed by atoms with Crippen LogP contribution in [-0.4, -0.2) is 18.0 Å². The Kier molecular flexibility index (Phi) is 4.90. The van der Waals surface area contributed by atoms with E-state index in [2.05, 4.69) is 4.90 Å². The maximum Gasteiger partial charge on any atom is 0.278 e. The highest BCUT2D eigenvalue weighted by molar-refractivity contribution is 5.24. The van der Waals surface area contributed by atoms with E-state index in [1.54, 1.807) is 0 Å². The molecule has 0 amide bonds. The van der Waals surface area contributed by atoms with Crippen molar-refractivity contribution < 1.29 is 17.6 Å². The van der Waals surface area contributed by atoms with Crippen LogP contribution < -0.4 is 0 Å². The Hall–Kier alpha value is -1.88. The van der Waals surface area contributed by atoms with Crippen LogP contribution in [0.15, 0.2) is 48.5 Å². The summed E-state index contributed by atoms with van der Waals surface area (Å²) in [5.41, 5.74) is 0.442. The summed E-state index contributed by atoms with van der Waals surface area (Å²) < 4.78 is 55.9. The Bertz CT molecular complexity index is 679. The number of alkyl halides is 2. The molecule has 1 aliphatic heterocycles.